The van der Waals surface area contributed by atoms with Crippen LogP contribution in [0.2, 0.25) is 0 Å². The Morgan fingerprint density at radius 1 is 1.62 bits per heavy atom. The molecule has 0 radical (unpaired) electrons. The summed E-state index contributed by atoms with van der Waals surface area (Å²) in [7, 11) is 1.61. The van der Waals surface area contributed by atoms with Crippen molar-refractivity contribution in [3.05, 3.63) is 16.3 Å². The summed E-state index contributed by atoms with van der Waals surface area (Å²) in [5.74, 6) is 1.28. The van der Waals surface area contributed by atoms with E-state index in [4.69, 9.17) is 4.74 Å². The summed E-state index contributed by atoms with van der Waals surface area (Å²) in [5, 5.41) is 1.91. The Morgan fingerprint density at radius 3 is 2.92 bits per heavy atom. The van der Waals surface area contributed by atoms with Crippen LogP contribution in [-0.2, 0) is 0 Å². The van der Waals surface area contributed by atoms with Gasteiger partial charge in [-0.1, -0.05) is 6.42 Å². The van der Waals surface area contributed by atoms with Crippen LogP contribution in [0.1, 0.15) is 28.9 Å². The lowest BCUT2D eigenvalue weighted by atomic mass is 9.81. The van der Waals surface area contributed by atoms with Crippen LogP contribution in [0.3, 0.4) is 0 Å². The molecule has 0 N–H and O–H groups in total. The van der Waals surface area contributed by atoms with Crippen LogP contribution in [0.5, 0.6) is 5.75 Å². The Kier molecular flexibility index (Phi) is 2.36. The molecule has 70 valence electrons. The third-order valence-electron chi connectivity index (χ3n) is 2.55. The Balaban J connectivity index is 2.18. The second-order valence-electron chi connectivity index (χ2n) is 3.31. The monoisotopic (exact) mass is 196 g/mol. The van der Waals surface area contributed by atoms with Crippen molar-refractivity contribution < 1.29 is 9.53 Å². The Morgan fingerprint density at radius 2 is 2.38 bits per heavy atom. The average molecular weight is 196 g/mol. The van der Waals surface area contributed by atoms with Crippen LogP contribution in [0.25, 0.3) is 0 Å². The second kappa shape index (κ2) is 3.50. The van der Waals surface area contributed by atoms with Gasteiger partial charge in [-0.2, -0.15) is 0 Å². The summed E-state index contributed by atoms with van der Waals surface area (Å²) in [4.78, 5) is 12.6. The van der Waals surface area contributed by atoms with Crippen molar-refractivity contribution in [1.82, 2.24) is 0 Å². The number of hydrogen-bond acceptors (Lipinski definition) is 3. The molecule has 0 spiro atoms. The SMILES string of the molecule is COc1ccsc1C(=O)C1CCC1. The van der Waals surface area contributed by atoms with E-state index < -0.39 is 0 Å². The topological polar surface area (TPSA) is 26.3 Å². The smallest absolute Gasteiger partial charge is 0.179 e. The maximum Gasteiger partial charge on any atom is 0.179 e. The summed E-state index contributed by atoms with van der Waals surface area (Å²) in [6.45, 7) is 0. The lowest BCUT2D eigenvalue weighted by Gasteiger charge is -2.23. The summed E-state index contributed by atoms with van der Waals surface area (Å²) < 4.78 is 5.11. The van der Waals surface area contributed by atoms with Crippen molar-refractivity contribution >= 4 is 17.1 Å². The molecule has 1 heterocycles. The minimum atomic E-state index is 0.271. The van der Waals surface area contributed by atoms with Gasteiger partial charge in [0.1, 0.15) is 10.6 Å². The van der Waals surface area contributed by atoms with Gasteiger partial charge in [-0.15, -0.1) is 11.3 Å². The molecule has 0 unspecified atom stereocenters. The van der Waals surface area contributed by atoms with Gasteiger partial charge in [0.15, 0.2) is 5.78 Å². The zero-order valence-electron chi connectivity index (χ0n) is 7.58. The number of ketones is 1. The predicted molar refractivity (Wildman–Crippen MR) is 52.5 cm³/mol. The quantitative estimate of drug-likeness (QED) is 0.695. The normalized spacial score (nSPS) is 16.7. The molecule has 1 saturated carbocycles. The number of carbonyl (C=O) groups excluding carboxylic acids is 1. The Bertz CT molecular complexity index is 312. The lowest BCUT2D eigenvalue weighted by molar-refractivity contribution is 0.0857. The van der Waals surface area contributed by atoms with Crippen molar-refractivity contribution in [2.45, 2.75) is 19.3 Å². The zero-order chi connectivity index (χ0) is 9.26. The Labute approximate surface area is 81.5 Å². The molecule has 1 aromatic rings. The van der Waals surface area contributed by atoms with Crippen LogP contribution in [0.4, 0.5) is 0 Å². The van der Waals surface area contributed by atoms with E-state index in [0.29, 0.717) is 0 Å². The van der Waals surface area contributed by atoms with E-state index in [-0.39, 0.29) is 11.7 Å². The average Bonchev–Trinajstić information content (AvgIpc) is 2.47. The van der Waals surface area contributed by atoms with E-state index >= 15 is 0 Å². The van der Waals surface area contributed by atoms with E-state index in [1.807, 2.05) is 11.4 Å². The van der Waals surface area contributed by atoms with Gasteiger partial charge in [-0.3, -0.25) is 4.79 Å². The molecule has 1 aromatic heterocycles. The van der Waals surface area contributed by atoms with Crippen LogP contribution in [-0.4, -0.2) is 12.9 Å². The van der Waals surface area contributed by atoms with Gasteiger partial charge >= 0.3 is 0 Å². The molecule has 0 bridgehead atoms. The van der Waals surface area contributed by atoms with E-state index in [1.54, 1.807) is 7.11 Å². The highest BCUT2D eigenvalue weighted by Gasteiger charge is 2.28. The van der Waals surface area contributed by atoms with Crippen LogP contribution < -0.4 is 4.74 Å². The minimum Gasteiger partial charge on any atom is -0.495 e. The largest absolute Gasteiger partial charge is 0.495 e. The van der Waals surface area contributed by atoms with E-state index in [0.717, 1.165) is 23.5 Å². The fourth-order valence-corrected chi connectivity index (χ4v) is 2.37. The van der Waals surface area contributed by atoms with Crippen LogP contribution in [0.15, 0.2) is 11.4 Å². The molecule has 0 aromatic carbocycles. The van der Waals surface area contributed by atoms with Gasteiger partial charge < -0.3 is 4.74 Å². The van der Waals surface area contributed by atoms with Gasteiger partial charge in [-0.05, 0) is 24.3 Å². The molecule has 2 rings (SSSR count). The van der Waals surface area contributed by atoms with Gasteiger partial charge in [0, 0.05) is 5.92 Å². The number of Topliss-reactive ketones (excluding diaryl/α,β-unsaturated/α-hetero) is 1. The lowest BCUT2D eigenvalue weighted by Crippen LogP contribution is -2.21. The van der Waals surface area contributed by atoms with Crippen LogP contribution in [0, 0.1) is 5.92 Å². The highest BCUT2D eigenvalue weighted by Crippen LogP contribution is 2.34. The molecule has 1 aliphatic rings. The first kappa shape index (κ1) is 8.75. The second-order valence-corrected chi connectivity index (χ2v) is 4.23. The summed E-state index contributed by atoms with van der Waals surface area (Å²) in [6, 6.07) is 1.86. The molecule has 13 heavy (non-hydrogen) atoms. The highest BCUT2D eigenvalue weighted by molar-refractivity contribution is 7.12. The Hall–Kier alpha value is -0.830. The van der Waals surface area contributed by atoms with Gasteiger partial charge in [0.25, 0.3) is 0 Å². The van der Waals surface area contributed by atoms with Crippen molar-refractivity contribution in [1.29, 1.82) is 0 Å². The van der Waals surface area contributed by atoms with Gasteiger partial charge in [-0.25, -0.2) is 0 Å². The number of methoxy groups -OCH3 is 1. The molecule has 0 amide bonds. The van der Waals surface area contributed by atoms with Crippen molar-refractivity contribution in [3.63, 3.8) is 0 Å². The van der Waals surface area contributed by atoms with E-state index in [9.17, 15) is 4.79 Å². The van der Waals surface area contributed by atoms with Gasteiger partial charge in [0.2, 0.25) is 0 Å². The first-order valence-electron chi connectivity index (χ1n) is 4.48. The predicted octanol–water partition coefficient (Wildman–Crippen LogP) is 2.74. The first-order chi connectivity index (χ1) is 6.33. The van der Waals surface area contributed by atoms with Crippen LogP contribution >= 0.6 is 11.3 Å². The molecule has 0 aliphatic heterocycles. The molecule has 3 heteroatoms. The third-order valence-corrected chi connectivity index (χ3v) is 3.46. The number of rotatable bonds is 3. The minimum absolute atomic E-state index is 0.271. The third kappa shape index (κ3) is 1.48. The number of ether oxygens (including phenoxy) is 1. The molecule has 0 atom stereocenters. The molecular formula is C10H12O2S. The van der Waals surface area contributed by atoms with Gasteiger partial charge in [0.05, 0.1) is 7.11 Å². The standard InChI is InChI=1S/C10H12O2S/c1-12-8-5-6-13-10(8)9(11)7-3-2-4-7/h5-7H,2-4H2,1H3. The van der Waals surface area contributed by atoms with E-state index in [1.165, 1.54) is 17.8 Å². The van der Waals surface area contributed by atoms with Crippen molar-refractivity contribution in [3.8, 4) is 5.75 Å². The number of carbonyl (C=O) groups is 1. The van der Waals surface area contributed by atoms with E-state index in [2.05, 4.69) is 0 Å². The fourth-order valence-electron chi connectivity index (χ4n) is 1.49. The maximum atomic E-state index is 11.8. The number of hydrogen-bond donors (Lipinski definition) is 0. The first-order valence-corrected chi connectivity index (χ1v) is 5.36. The maximum absolute atomic E-state index is 11.8. The molecule has 0 saturated heterocycles. The fraction of sp³-hybridized carbons (Fsp3) is 0.500. The molecule has 1 aliphatic carbocycles. The molecule has 2 nitrogen and oxygen atoms in total. The zero-order valence-corrected chi connectivity index (χ0v) is 8.39. The summed E-state index contributed by atoms with van der Waals surface area (Å²) in [6.07, 6.45) is 3.31. The van der Waals surface area contributed by atoms with Crippen molar-refractivity contribution in [2.24, 2.45) is 5.92 Å². The molecule has 1 fully saturated rings. The highest BCUT2D eigenvalue weighted by atomic mass is 32.1. The number of thiophene rings is 1. The van der Waals surface area contributed by atoms with Crippen molar-refractivity contribution in [2.75, 3.05) is 7.11 Å². The summed E-state index contributed by atoms with van der Waals surface area (Å²) >= 11 is 1.49. The summed E-state index contributed by atoms with van der Waals surface area (Å²) in [5.41, 5.74) is 0. The molecular weight excluding hydrogens is 184 g/mol.